The van der Waals surface area contributed by atoms with Gasteiger partial charge in [-0.05, 0) is 31.2 Å². The summed E-state index contributed by atoms with van der Waals surface area (Å²) in [6.07, 6.45) is -0.149. The first-order valence-electron chi connectivity index (χ1n) is 7.10. The molecular formula is C15H15N3O4. The van der Waals surface area contributed by atoms with Crippen LogP contribution in [-0.2, 0) is 9.59 Å². The molecule has 1 aromatic carbocycles. The van der Waals surface area contributed by atoms with E-state index in [1.54, 1.807) is 19.1 Å². The maximum atomic E-state index is 12.1. The molecule has 2 amide bonds. The average molecular weight is 302 g/mol. The van der Waals surface area contributed by atoms with Crippen LogP contribution in [0.15, 0.2) is 41.5 Å². The van der Waals surface area contributed by atoms with E-state index >= 15 is 0 Å². The molecule has 114 valence electrons. The van der Waals surface area contributed by atoms with E-state index in [9.17, 15) is 14.4 Å². The molecule has 0 unspecified atom stereocenters. The van der Waals surface area contributed by atoms with Gasteiger partial charge in [0.25, 0.3) is 11.8 Å². The van der Waals surface area contributed by atoms with Crippen LogP contribution in [-0.4, -0.2) is 35.3 Å². The fraction of sp³-hybridized carbons (Fsp3) is 0.200. The number of nitrogens with zero attached hydrogens (tertiary/aromatic N) is 2. The number of rotatable bonds is 5. The molecule has 7 heteroatoms. The van der Waals surface area contributed by atoms with Gasteiger partial charge >= 0.3 is 5.97 Å². The minimum Gasteiger partial charge on any atom is -0.481 e. The number of amidine groups is 1. The second kappa shape index (κ2) is 6.21. The van der Waals surface area contributed by atoms with E-state index in [0.717, 1.165) is 6.55 Å². The molecule has 2 rings (SSSR count). The maximum absolute atomic E-state index is 12.1. The number of carboxylic acid groups (broad SMARTS) is 1. The minimum absolute atomic E-state index is 0.0456. The van der Waals surface area contributed by atoms with Crippen LogP contribution in [0.5, 0.6) is 0 Å². The zero-order chi connectivity index (χ0) is 17.0. The highest BCUT2D eigenvalue weighted by Gasteiger charge is 2.27. The van der Waals surface area contributed by atoms with Gasteiger partial charge in [0.15, 0.2) is 0 Å². The number of aliphatic imine (C=N–C) groups is 1. The maximum Gasteiger partial charge on any atom is 0.305 e. The molecule has 0 saturated heterocycles. The van der Waals surface area contributed by atoms with E-state index in [0.29, 0.717) is 17.1 Å². The van der Waals surface area contributed by atoms with Crippen LogP contribution in [0.3, 0.4) is 0 Å². The van der Waals surface area contributed by atoms with E-state index < -0.39 is 11.9 Å². The Balaban J connectivity index is 2.08. The molecule has 0 atom stereocenters. The van der Waals surface area contributed by atoms with Crippen LogP contribution in [0.1, 0.15) is 25.1 Å². The lowest BCUT2D eigenvalue weighted by Crippen LogP contribution is -2.30. The van der Waals surface area contributed by atoms with Gasteiger partial charge in [-0.1, -0.05) is 6.55 Å². The Morgan fingerprint density at radius 2 is 2.09 bits per heavy atom. The van der Waals surface area contributed by atoms with Gasteiger partial charge in [0.2, 0.25) is 0 Å². The van der Waals surface area contributed by atoms with E-state index in [1.807, 2.05) is 0 Å². The lowest BCUT2D eigenvalue weighted by atomic mass is 10.1. The second-order valence-electron chi connectivity index (χ2n) is 4.63. The molecule has 1 aliphatic rings. The number of hydrogen-bond acceptors (Lipinski definition) is 4. The Labute approximate surface area is 128 Å². The number of amides is 2. The van der Waals surface area contributed by atoms with Crippen molar-refractivity contribution in [2.45, 2.75) is 13.3 Å². The third-order valence-electron chi connectivity index (χ3n) is 3.04. The summed E-state index contributed by atoms with van der Waals surface area (Å²) in [7, 11) is 0. The zero-order valence-electron chi connectivity index (χ0n) is 12.9. The van der Waals surface area contributed by atoms with Crippen LogP contribution in [0.2, 0.25) is 0 Å². The van der Waals surface area contributed by atoms with Crippen LogP contribution >= 0.6 is 0 Å². The number of aliphatic carboxylic acids is 1. The molecule has 0 aromatic heterocycles. The van der Waals surface area contributed by atoms with Gasteiger partial charge in [0.1, 0.15) is 11.5 Å². The fourth-order valence-corrected chi connectivity index (χ4v) is 1.98. The highest BCUT2D eigenvalue weighted by Crippen LogP contribution is 2.22. The van der Waals surface area contributed by atoms with Crippen molar-refractivity contribution < 1.29 is 20.9 Å². The van der Waals surface area contributed by atoms with E-state index in [1.165, 1.54) is 17.0 Å². The lowest BCUT2D eigenvalue weighted by molar-refractivity contribution is -0.136. The van der Waals surface area contributed by atoms with Gasteiger partial charge in [-0.3, -0.25) is 19.3 Å². The molecule has 0 saturated carbocycles. The third-order valence-corrected chi connectivity index (χ3v) is 3.04. The van der Waals surface area contributed by atoms with Gasteiger partial charge in [0, 0.05) is 12.1 Å². The van der Waals surface area contributed by atoms with Crippen LogP contribution in [0, 0.1) is 0 Å². The van der Waals surface area contributed by atoms with Crippen molar-refractivity contribution in [3.63, 3.8) is 0 Å². The third kappa shape index (κ3) is 3.20. The average Bonchev–Trinajstić information content (AvgIpc) is 2.81. The van der Waals surface area contributed by atoms with Crippen molar-refractivity contribution in [3.05, 3.63) is 42.1 Å². The van der Waals surface area contributed by atoms with Crippen molar-refractivity contribution in [2.75, 3.05) is 11.4 Å². The highest BCUT2D eigenvalue weighted by atomic mass is 16.4. The molecule has 22 heavy (non-hydrogen) atoms. The van der Waals surface area contributed by atoms with Crippen molar-refractivity contribution in [2.24, 2.45) is 4.99 Å². The summed E-state index contributed by atoms with van der Waals surface area (Å²) >= 11 is 0. The molecule has 1 aromatic rings. The van der Waals surface area contributed by atoms with Crippen LogP contribution < -0.4 is 10.2 Å². The SMILES string of the molecule is [2H]C=C1N=C(C)N(c2ccc(C(=O)NCCC(=O)O)cc2)C1=O. The van der Waals surface area contributed by atoms with Crippen LogP contribution in [0.4, 0.5) is 5.69 Å². The molecule has 0 radical (unpaired) electrons. The molecule has 0 spiro atoms. The van der Waals surface area contributed by atoms with Crippen LogP contribution in [0.25, 0.3) is 0 Å². The van der Waals surface area contributed by atoms with E-state index in [-0.39, 0.29) is 24.6 Å². The molecular weight excluding hydrogens is 286 g/mol. The van der Waals surface area contributed by atoms with Gasteiger partial charge < -0.3 is 10.4 Å². The Kier molecular flexibility index (Phi) is 3.95. The number of carboxylic acids is 1. The van der Waals surface area contributed by atoms with Crippen molar-refractivity contribution in [1.82, 2.24) is 5.32 Å². The van der Waals surface area contributed by atoms with E-state index in [2.05, 4.69) is 10.3 Å². The molecule has 1 heterocycles. The standard InChI is InChI=1S/C15H15N3O4/c1-9-15(22)18(10(2)17-9)12-5-3-11(4-6-12)14(21)16-8-7-13(19)20/h3-6H,1,7-8H2,2H3,(H,16,21)(H,19,20)/i1D. The Hall–Kier alpha value is -2.96. The van der Waals surface area contributed by atoms with Crippen molar-refractivity contribution >= 4 is 29.3 Å². The number of nitrogens with one attached hydrogen (secondary N) is 1. The number of anilines is 1. The van der Waals surface area contributed by atoms with Gasteiger partial charge in [-0.25, -0.2) is 4.99 Å². The zero-order valence-corrected chi connectivity index (χ0v) is 11.9. The number of hydrogen-bond donors (Lipinski definition) is 2. The fourth-order valence-electron chi connectivity index (χ4n) is 1.98. The molecule has 7 nitrogen and oxygen atoms in total. The lowest BCUT2D eigenvalue weighted by Gasteiger charge is -2.16. The normalized spacial score (nSPS) is 16.5. The number of carbonyl (C=O) groups is 3. The number of benzene rings is 1. The largest absolute Gasteiger partial charge is 0.481 e. The summed E-state index contributed by atoms with van der Waals surface area (Å²) in [6, 6.07) is 6.26. The smallest absolute Gasteiger partial charge is 0.305 e. The van der Waals surface area contributed by atoms with E-state index in [4.69, 9.17) is 6.48 Å². The summed E-state index contributed by atoms with van der Waals surface area (Å²) in [5.74, 6) is -1.31. The Bertz CT molecular complexity index is 708. The molecule has 0 aliphatic carbocycles. The predicted molar refractivity (Wildman–Crippen MR) is 80.8 cm³/mol. The second-order valence-corrected chi connectivity index (χ2v) is 4.63. The highest BCUT2D eigenvalue weighted by molar-refractivity contribution is 6.26. The molecule has 0 fully saturated rings. The first-order valence-corrected chi connectivity index (χ1v) is 6.52. The number of carbonyl (C=O) groups excluding carboxylic acids is 2. The van der Waals surface area contributed by atoms with Gasteiger partial charge in [0.05, 0.1) is 13.5 Å². The minimum atomic E-state index is -0.985. The predicted octanol–water partition coefficient (Wildman–Crippen LogP) is 1.17. The molecule has 1 aliphatic heterocycles. The van der Waals surface area contributed by atoms with Gasteiger partial charge in [-0.15, -0.1) is 0 Å². The summed E-state index contributed by atoms with van der Waals surface area (Å²) in [5, 5.41) is 11.0. The Morgan fingerprint density at radius 3 is 2.64 bits per heavy atom. The monoisotopic (exact) mass is 302 g/mol. The summed E-state index contributed by atoms with van der Waals surface area (Å²) in [4.78, 5) is 39.7. The molecule has 0 bridgehead atoms. The topological polar surface area (TPSA) is 99.1 Å². The van der Waals surface area contributed by atoms with Crippen molar-refractivity contribution in [3.8, 4) is 0 Å². The summed E-state index contributed by atoms with van der Waals surface area (Å²) in [5.41, 5.74) is 0.949. The molecule has 2 N–H and O–H groups in total. The quantitative estimate of drug-likeness (QED) is 0.797. The first kappa shape index (κ1) is 14.0. The summed E-state index contributed by atoms with van der Waals surface area (Å²) in [6.45, 7) is 2.60. The van der Waals surface area contributed by atoms with Gasteiger partial charge in [-0.2, -0.15) is 0 Å². The summed E-state index contributed by atoms with van der Waals surface area (Å²) < 4.78 is 7.15. The first-order chi connectivity index (χ1) is 10.9. The van der Waals surface area contributed by atoms with Crippen molar-refractivity contribution in [1.29, 1.82) is 0 Å². The Morgan fingerprint density at radius 1 is 1.41 bits per heavy atom.